The molecule has 0 saturated carbocycles. The van der Waals surface area contributed by atoms with Gasteiger partial charge in [0.05, 0.1) is 25.5 Å². The molecule has 6 atom stereocenters. The van der Waals surface area contributed by atoms with Gasteiger partial charge in [-0.25, -0.2) is 22.2 Å². The molecule has 5 rings (SSSR count). The minimum atomic E-state index is -1.75. The van der Waals surface area contributed by atoms with Crippen LogP contribution in [0, 0.1) is 23.3 Å². The van der Waals surface area contributed by atoms with Crippen LogP contribution in [-0.4, -0.2) is 73.7 Å². The van der Waals surface area contributed by atoms with Crippen LogP contribution >= 0.6 is 0 Å². The zero-order chi connectivity index (χ0) is 26.3. The second-order valence-corrected chi connectivity index (χ2v) is 8.99. The van der Waals surface area contributed by atoms with Crippen LogP contribution in [0.3, 0.4) is 0 Å². The summed E-state index contributed by atoms with van der Waals surface area (Å²) >= 11 is 0. The van der Waals surface area contributed by atoms with E-state index in [-0.39, 0.29) is 24.4 Å². The average molecular weight is 524 g/mol. The summed E-state index contributed by atoms with van der Waals surface area (Å²) in [5, 5.41) is 43.1. The standard InChI is InChI=1S/C24H24F4N4O5/c25-14-4-2-1-3-12(14)9-29-19-5-6-36-24(19)23(35)21(22(34)18(11-33)37-24)32-10-17(30-31-32)13-7-15(26)20(28)16(27)8-13/h1-4,7-8,10,18-19,21-23,29,33-35H,5-6,9,11H2/t18-,19-,21+,22+,23-,24+/m1/s1. The van der Waals surface area contributed by atoms with Gasteiger partial charge < -0.3 is 30.1 Å². The van der Waals surface area contributed by atoms with Crippen molar-refractivity contribution in [3.63, 3.8) is 0 Å². The zero-order valence-electron chi connectivity index (χ0n) is 19.3. The third-order valence-corrected chi connectivity index (χ3v) is 6.79. The Hall–Kier alpha value is -2.94. The van der Waals surface area contributed by atoms with Crippen LogP contribution in [0.4, 0.5) is 17.6 Å². The molecule has 37 heavy (non-hydrogen) atoms. The van der Waals surface area contributed by atoms with Gasteiger partial charge in [-0.15, -0.1) is 5.10 Å². The third kappa shape index (κ3) is 4.51. The monoisotopic (exact) mass is 524 g/mol. The molecule has 9 nitrogen and oxygen atoms in total. The predicted octanol–water partition coefficient (Wildman–Crippen LogP) is 1.43. The average Bonchev–Trinajstić information content (AvgIpc) is 3.52. The van der Waals surface area contributed by atoms with E-state index in [2.05, 4.69) is 15.6 Å². The molecule has 1 spiro atoms. The number of halogens is 4. The van der Waals surface area contributed by atoms with Crippen LogP contribution in [0.2, 0.25) is 0 Å². The van der Waals surface area contributed by atoms with Crippen LogP contribution in [-0.2, 0) is 16.0 Å². The SMILES string of the molecule is OC[C@H]1O[C@]2(OCC[C@H]2NCc2ccccc2F)[C@H](O)[C@@H](n2cc(-c3cc(F)c(F)c(F)c3)nn2)[C@H]1O. The minimum Gasteiger partial charge on any atom is -0.394 e. The number of aromatic nitrogens is 3. The maximum absolute atomic E-state index is 14.1. The van der Waals surface area contributed by atoms with Gasteiger partial charge in [0, 0.05) is 17.7 Å². The number of hydrogen-bond donors (Lipinski definition) is 4. The summed E-state index contributed by atoms with van der Waals surface area (Å²) in [6, 6.07) is 5.71. The van der Waals surface area contributed by atoms with Crippen molar-refractivity contribution in [2.45, 2.75) is 49.1 Å². The molecular formula is C24H24F4N4O5. The number of benzene rings is 2. The predicted molar refractivity (Wildman–Crippen MR) is 119 cm³/mol. The molecule has 1 aromatic heterocycles. The minimum absolute atomic E-state index is 0.0557. The van der Waals surface area contributed by atoms with E-state index in [1.54, 1.807) is 18.2 Å². The van der Waals surface area contributed by atoms with Gasteiger partial charge in [-0.2, -0.15) is 0 Å². The number of hydrogen-bond acceptors (Lipinski definition) is 8. The van der Waals surface area contributed by atoms with Crippen molar-refractivity contribution in [1.82, 2.24) is 20.3 Å². The number of nitrogens with one attached hydrogen (secondary N) is 1. The number of ether oxygens (including phenoxy) is 2. The van der Waals surface area contributed by atoms with E-state index in [4.69, 9.17) is 9.47 Å². The zero-order valence-corrected chi connectivity index (χ0v) is 19.3. The van der Waals surface area contributed by atoms with Crippen molar-refractivity contribution in [2.24, 2.45) is 0 Å². The Kier molecular flexibility index (Phi) is 7.00. The lowest BCUT2D eigenvalue weighted by Gasteiger charge is -2.49. The molecule has 0 aliphatic carbocycles. The molecule has 2 aliphatic rings. The first-order valence-electron chi connectivity index (χ1n) is 11.6. The van der Waals surface area contributed by atoms with Crippen molar-refractivity contribution in [1.29, 1.82) is 0 Å². The fourth-order valence-electron chi connectivity index (χ4n) is 4.89. The lowest BCUT2D eigenvalue weighted by molar-refractivity contribution is -0.345. The quantitative estimate of drug-likeness (QED) is 0.282. The van der Waals surface area contributed by atoms with Gasteiger partial charge in [0.1, 0.15) is 35.9 Å². The van der Waals surface area contributed by atoms with E-state index in [0.29, 0.717) is 12.0 Å². The van der Waals surface area contributed by atoms with Crippen LogP contribution in [0.15, 0.2) is 42.6 Å². The van der Waals surface area contributed by atoms with Crippen molar-refractivity contribution < 1.29 is 42.4 Å². The molecule has 2 fully saturated rings. The van der Waals surface area contributed by atoms with E-state index < -0.39 is 66.1 Å². The van der Waals surface area contributed by atoms with Crippen molar-refractivity contribution in [2.75, 3.05) is 13.2 Å². The molecule has 2 saturated heterocycles. The van der Waals surface area contributed by atoms with Gasteiger partial charge in [0.25, 0.3) is 0 Å². The molecule has 3 heterocycles. The Morgan fingerprint density at radius 2 is 1.81 bits per heavy atom. The molecule has 2 aromatic carbocycles. The molecule has 2 aliphatic heterocycles. The molecule has 0 bridgehead atoms. The third-order valence-electron chi connectivity index (χ3n) is 6.79. The molecule has 0 amide bonds. The van der Waals surface area contributed by atoms with Crippen molar-refractivity contribution in [3.05, 3.63) is 71.4 Å². The second kappa shape index (κ2) is 10.1. The Balaban J connectivity index is 1.45. The van der Waals surface area contributed by atoms with Crippen LogP contribution in [0.5, 0.6) is 0 Å². The number of aliphatic hydroxyl groups excluding tert-OH is 3. The van der Waals surface area contributed by atoms with Crippen molar-refractivity contribution in [3.8, 4) is 11.3 Å². The first-order chi connectivity index (χ1) is 17.7. The molecule has 0 unspecified atom stereocenters. The Bertz CT molecular complexity index is 1260. The molecular weight excluding hydrogens is 500 g/mol. The first kappa shape index (κ1) is 25.7. The summed E-state index contributed by atoms with van der Waals surface area (Å²) in [6.07, 6.45) is -2.69. The van der Waals surface area contributed by atoms with E-state index >= 15 is 0 Å². The van der Waals surface area contributed by atoms with Gasteiger partial charge in [-0.3, -0.25) is 0 Å². The van der Waals surface area contributed by atoms with Gasteiger partial charge >= 0.3 is 0 Å². The summed E-state index contributed by atoms with van der Waals surface area (Å²) in [4.78, 5) is 0. The summed E-state index contributed by atoms with van der Waals surface area (Å²) < 4.78 is 67.8. The summed E-state index contributed by atoms with van der Waals surface area (Å²) in [6.45, 7) is -0.389. The number of aliphatic hydroxyl groups is 3. The van der Waals surface area contributed by atoms with Gasteiger partial charge in [0.2, 0.25) is 5.79 Å². The maximum Gasteiger partial charge on any atom is 0.213 e. The highest BCUT2D eigenvalue weighted by Gasteiger charge is 2.61. The van der Waals surface area contributed by atoms with E-state index in [0.717, 1.165) is 16.8 Å². The van der Waals surface area contributed by atoms with Gasteiger partial charge in [-0.1, -0.05) is 23.4 Å². The highest BCUT2D eigenvalue weighted by Crippen LogP contribution is 2.43. The highest BCUT2D eigenvalue weighted by molar-refractivity contribution is 5.58. The Morgan fingerprint density at radius 1 is 1.08 bits per heavy atom. The molecule has 4 N–H and O–H groups in total. The smallest absolute Gasteiger partial charge is 0.213 e. The number of nitrogens with zero attached hydrogens (tertiary/aromatic N) is 3. The fourth-order valence-corrected chi connectivity index (χ4v) is 4.89. The lowest BCUT2D eigenvalue weighted by atomic mass is 9.86. The van der Waals surface area contributed by atoms with E-state index in [1.807, 2.05) is 0 Å². The normalized spacial score (nSPS) is 29.8. The summed E-state index contributed by atoms with van der Waals surface area (Å²) in [5.74, 6) is -6.64. The van der Waals surface area contributed by atoms with Gasteiger partial charge in [-0.05, 0) is 24.6 Å². The summed E-state index contributed by atoms with van der Waals surface area (Å²) in [7, 11) is 0. The van der Waals surface area contributed by atoms with E-state index in [9.17, 15) is 32.9 Å². The molecule has 0 radical (unpaired) electrons. The molecule has 13 heteroatoms. The van der Waals surface area contributed by atoms with Gasteiger partial charge in [0.15, 0.2) is 17.5 Å². The van der Waals surface area contributed by atoms with Crippen LogP contribution in [0.1, 0.15) is 18.0 Å². The fraction of sp³-hybridized carbons (Fsp3) is 0.417. The summed E-state index contributed by atoms with van der Waals surface area (Å²) in [5.41, 5.74) is 0.207. The topological polar surface area (TPSA) is 122 Å². The van der Waals surface area contributed by atoms with Crippen LogP contribution in [0.25, 0.3) is 11.3 Å². The molecule has 198 valence electrons. The Morgan fingerprint density at radius 3 is 2.51 bits per heavy atom. The lowest BCUT2D eigenvalue weighted by Crippen LogP contribution is -2.68. The molecule has 3 aromatic rings. The van der Waals surface area contributed by atoms with Crippen molar-refractivity contribution >= 4 is 0 Å². The van der Waals surface area contributed by atoms with Crippen LogP contribution < -0.4 is 5.32 Å². The number of rotatable bonds is 6. The first-order valence-corrected chi connectivity index (χ1v) is 11.6. The largest absolute Gasteiger partial charge is 0.394 e. The maximum atomic E-state index is 14.1. The second-order valence-electron chi connectivity index (χ2n) is 8.99. The Labute approximate surface area is 208 Å². The van der Waals surface area contributed by atoms with E-state index in [1.165, 1.54) is 12.3 Å². The highest BCUT2D eigenvalue weighted by atomic mass is 19.2.